The van der Waals surface area contributed by atoms with Gasteiger partial charge in [0.2, 0.25) is 5.96 Å². The number of rotatable bonds is 3. The first-order valence-corrected chi connectivity index (χ1v) is 6.71. The minimum atomic E-state index is -0.167. The van der Waals surface area contributed by atoms with Gasteiger partial charge in [-0.1, -0.05) is 41.4 Å². The molecule has 0 unspecified atom stereocenters. The molecular formula is C14H15Cl4N5. The second-order valence-electron chi connectivity index (χ2n) is 4.18. The topological polar surface area (TPSA) is 103 Å². The van der Waals surface area contributed by atoms with E-state index in [9.17, 15) is 0 Å². The van der Waals surface area contributed by atoms with Crippen LogP contribution >= 0.6 is 48.0 Å². The fourth-order valence-electron chi connectivity index (χ4n) is 1.75. The quantitative estimate of drug-likeness (QED) is 0.321. The highest BCUT2D eigenvalue weighted by Gasteiger charge is 2.14. The maximum atomic E-state index is 6.21. The third-order valence-electron chi connectivity index (χ3n) is 2.66. The first kappa shape index (κ1) is 21.3. The number of nitrogen functional groups attached to an aromatic ring is 1. The van der Waals surface area contributed by atoms with Crippen LogP contribution in [0, 0.1) is 0 Å². The highest BCUT2D eigenvalue weighted by molar-refractivity contribution is 6.36. The molecule has 6 N–H and O–H groups in total. The highest BCUT2D eigenvalue weighted by atomic mass is 35.5. The molecule has 0 saturated heterocycles. The zero-order chi connectivity index (χ0) is 15.4. The molecule has 0 heterocycles. The Kier molecular flexibility index (Phi) is 8.79. The fraction of sp³-hybridized carbons (Fsp3) is 0. The first-order chi connectivity index (χ1) is 9.99. The van der Waals surface area contributed by atoms with Crippen molar-refractivity contribution in [2.45, 2.75) is 0 Å². The summed E-state index contributed by atoms with van der Waals surface area (Å²) in [5.74, 6) is -0.167. The zero-order valence-corrected chi connectivity index (χ0v) is 14.9. The molecule has 0 fully saturated rings. The molecule has 9 heteroatoms. The minimum Gasteiger partial charge on any atom is -0.398 e. The monoisotopic (exact) mass is 393 g/mol. The third kappa shape index (κ3) is 5.48. The van der Waals surface area contributed by atoms with Crippen LogP contribution < -0.4 is 17.2 Å². The first-order valence-electron chi connectivity index (χ1n) is 5.96. The van der Waals surface area contributed by atoms with Crippen molar-refractivity contribution >= 4 is 65.4 Å². The number of halogens is 4. The van der Waals surface area contributed by atoms with E-state index in [1.54, 1.807) is 30.3 Å². The maximum absolute atomic E-state index is 6.21. The van der Waals surface area contributed by atoms with Gasteiger partial charge in [-0.2, -0.15) is 0 Å². The van der Waals surface area contributed by atoms with Crippen molar-refractivity contribution in [3.05, 3.63) is 63.6 Å². The van der Waals surface area contributed by atoms with Gasteiger partial charge in [-0.15, -0.1) is 35.0 Å². The number of nitrogens with zero attached hydrogens (tertiary/aromatic N) is 2. The summed E-state index contributed by atoms with van der Waals surface area (Å²) in [5.41, 5.74) is 18.8. The van der Waals surface area contributed by atoms with Crippen LogP contribution in [0.2, 0.25) is 10.0 Å². The van der Waals surface area contributed by atoms with Crippen molar-refractivity contribution in [1.29, 1.82) is 0 Å². The highest BCUT2D eigenvalue weighted by Crippen LogP contribution is 2.25. The third-order valence-corrected chi connectivity index (χ3v) is 3.23. The number of nitrogens with two attached hydrogens (primary N) is 3. The van der Waals surface area contributed by atoms with E-state index in [0.717, 1.165) is 0 Å². The summed E-state index contributed by atoms with van der Waals surface area (Å²) in [6, 6.07) is 12.2. The van der Waals surface area contributed by atoms with Crippen LogP contribution in [-0.2, 0) is 0 Å². The summed E-state index contributed by atoms with van der Waals surface area (Å²) in [6.07, 6.45) is 0. The van der Waals surface area contributed by atoms with Gasteiger partial charge in [0.25, 0.3) is 0 Å². The lowest BCUT2D eigenvalue weighted by atomic mass is 10.0. The van der Waals surface area contributed by atoms with E-state index in [1.165, 1.54) is 0 Å². The summed E-state index contributed by atoms with van der Waals surface area (Å²) in [5, 5.41) is 8.77. The number of hydrogen-bond donors (Lipinski definition) is 3. The van der Waals surface area contributed by atoms with Crippen molar-refractivity contribution in [2.24, 2.45) is 21.7 Å². The molecule has 0 aliphatic rings. The van der Waals surface area contributed by atoms with E-state index in [2.05, 4.69) is 10.2 Å². The van der Waals surface area contributed by atoms with Crippen LogP contribution in [0.3, 0.4) is 0 Å². The number of hydrogen-bond acceptors (Lipinski definition) is 3. The Balaban J connectivity index is 0.00000242. The molecule has 0 aliphatic heterocycles. The second-order valence-corrected chi connectivity index (χ2v) is 5.03. The van der Waals surface area contributed by atoms with Crippen molar-refractivity contribution in [2.75, 3.05) is 5.73 Å². The summed E-state index contributed by atoms with van der Waals surface area (Å²) in [4.78, 5) is 0. The van der Waals surface area contributed by atoms with Gasteiger partial charge in [-0.25, -0.2) is 0 Å². The number of benzene rings is 2. The van der Waals surface area contributed by atoms with Crippen LogP contribution in [0.5, 0.6) is 0 Å². The van der Waals surface area contributed by atoms with Crippen LogP contribution in [-0.4, -0.2) is 11.7 Å². The molecule has 0 atom stereocenters. The summed E-state index contributed by atoms with van der Waals surface area (Å²) in [7, 11) is 0. The molecule has 0 aliphatic carbocycles. The van der Waals surface area contributed by atoms with Gasteiger partial charge < -0.3 is 17.2 Å². The molecule has 0 aromatic heterocycles. The SMILES string of the molecule is Cl.Cl.NC(N)=N/N=C(\c1cc(Cl)ccc1N)c1ccccc1Cl. The van der Waals surface area contributed by atoms with Gasteiger partial charge >= 0.3 is 0 Å². The predicted octanol–water partition coefficient (Wildman–Crippen LogP) is 3.45. The molecule has 23 heavy (non-hydrogen) atoms. The Morgan fingerprint density at radius 1 is 0.870 bits per heavy atom. The van der Waals surface area contributed by atoms with Crippen molar-refractivity contribution in [3.63, 3.8) is 0 Å². The van der Waals surface area contributed by atoms with Gasteiger partial charge in [-0.3, -0.25) is 0 Å². The average Bonchev–Trinajstić information content (AvgIpc) is 2.44. The van der Waals surface area contributed by atoms with E-state index in [1.807, 2.05) is 12.1 Å². The normalized spacial score (nSPS) is 10.3. The lowest BCUT2D eigenvalue weighted by Crippen LogP contribution is -2.22. The summed E-state index contributed by atoms with van der Waals surface area (Å²) < 4.78 is 0. The largest absolute Gasteiger partial charge is 0.398 e. The van der Waals surface area contributed by atoms with Crippen LogP contribution in [0.15, 0.2) is 52.7 Å². The molecular weight excluding hydrogens is 380 g/mol. The lowest BCUT2D eigenvalue weighted by Gasteiger charge is -2.10. The Labute approximate surface area is 156 Å². The van der Waals surface area contributed by atoms with E-state index < -0.39 is 0 Å². The smallest absolute Gasteiger partial charge is 0.211 e. The van der Waals surface area contributed by atoms with Gasteiger partial charge in [-0.05, 0) is 24.3 Å². The van der Waals surface area contributed by atoms with Gasteiger partial charge in [0.15, 0.2) is 0 Å². The molecule has 5 nitrogen and oxygen atoms in total. The lowest BCUT2D eigenvalue weighted by molar-refractivity contribution is 1.20. The number of anilines is 1. The molecule has 0 radical (unpaired) electrons. The van der Waals surface area contributed by atoms with Crippen LogP contribution in [0.1, 0.15) is 11.1 Å². The molecule has 2 aromatic carbocycles. The minimum absolute atomic E-state index is 0. The van der Waals surface area contributed by atoms with Crippen LogP contribution in [0.25, 0.3) is 0 Å². The Morgan fingerprint density at radius 2 is 1.52 bits per heavy atom. The van der Waals surface area contributed by atoms with E-state index in [0.29, 0.717) is 32.6 Å². The zero-order valence-electron chi connectivity index (χ0n) is 11.7. The van der Waals surface area contributed by atoms with Crippen molar-refractivity contribution in [1.82, 2.24) is 0 Å². The van der Waals surface area contributed by atoms with Gasteiger partial charge in [0, 0.05) is 21.8 Å². The molecule has 124 valence electrons. The average molecular weight is 395 g/mol. The predicted molar refractivity (Wildman–Crippen MR) is 103 cm³/mol. The number of guanidine groups is 1. The fourth-order valence-corrected chi connectivity index (χ4v) is 2.14. The molecule has 2 rings (SSSR count). The Bertz CT molecular complexity index is 727. The standard InChI is InChI=1S/C14H13Cl2N5.2ClH/c15-8-5-6-12(17)10(7-8)13(20-21-14(18)19)9-3-1-2-4-11(9)16;;/h1-7H,17H2,(H4,18,19,21);2*1H/b20-13-;;. The maximum Gasteiger partial charge on any atom is 0.211 e. The van der Waals surface area contributed by atoms with Gasteiger partial charge in [0.05, 0.1) is 5.02 Å². The molecule has 0 saturated carbocycles. The van der Waals surface area contributed by atoms with E-state index >= 15 is 0 Å². The van der Waals surface area contributed by atoms with Crippen molar-refractivity contribution in [3.8, 4) is 0 Å². The molecule has 0 bridgehead atoms. The van der Waals surface area contributed by atoms with E-state index in [-0.39, 0.29) is 30.8 Å². The Morgan fingerprint density at radius 3 is 2.13 bits per heavy atom. The van der Waals surface area contributed by atoms with Gasteiger partial charge in [0.1, 0.15) is 5.71 Å². The second kappa shape index (κ2) is 9.47. The van der Waals surface area contributed by atoms with E-state index in [4.69, 9.17) is 40.4 Å². The van der Waals surface area contributed by atoms with Crippen LogP contribution in [0.4, 0.5) is 5.69 Å². The molecule has 0 spiro atoms. The Hall–Kier alpha value is -1.66. The van der Waals surface area contributed by atoms with Crippen molar-refractivity contribution < 1.29 is 0 Å². The molecule has 0 amide bonds. The summed E-state index contributed by atoms with van der Waals surface area (Å²) >= 11 is 12.2. The summed E-state index contributed by atoms with van der Waals surface area (Å²) in [6.45, 7) is 0. The molecule has 2 aromatic rings.